The Morgan fingerprint density at radius 1 is 0.941 bits per heavy atom. The number of hydrogen-bond donors (Lipinski definition) is 2. The molecule has 3 heterocycles. The number of alkyl halides is 3. The van der Waals surface area contributed by atoms with E-state index in [4.69, 9.17) is 9.47 Å². The Labute approximate surface area is 292 Å². The van der Waals surface area contributed by atoms with Crippen LogP contribution in [0.1, 0.15) is 41.1 Å². The molecule has 51 heavy (non-hydrogen) atoms. The minimum atomic E-state index is -4.57. The summed E-state index contributed by atoms with van der Waals surface area (Å²) < 4.78 is 50.9. The van der Waals surface area contributed by atoms with Crippen molar-refractivity contribution < 1.29 is 41.8 Å². The maximum Gasteiger partial charge on any atom is 0.416 e. The fourth-order valence-electron chi connectivity index (χ4n) is 6.54. The van der Waals surface area contributed by atoms with Gasteiger partial charge < -0.3 is 19.7 Å². The van der Waals surface area contributed by atoms with Crippen LogP contribution in [0.25, 0.3) is 6.08 Å². The maximum atomic E-state index is 14.2. The van der Waals surface area contributed by atoms with Crippen LogP contribution >= 0.6 is 0 Å². The van der Waals surface area contributed by atoms with E-state index in [0.29, 0.717) is 26.3 Å². The minimum absolute atomic E-state index is 0.0321. The number of halogens is 3. The summed E-state index contributed by atoms with van der Waals surface area (Å²) in [6.45, 7) is 1.65. The number of hydrazine groups is 1. The van der Waals surface area contributed by atoms with Gasteiger partial charge in [0.05, 0.1) is 30.9 Å². The number of benzene rings is 3. The molecule has 3 aliphatic rings. The fraction of sp³-hybridized carbons (Fsp3) is 0.351. The third kappa shape index (κ3) is 8.40. The minimum Gasteiger partial charge on any atom is -0.447 e. The number of hydrogen-bond acceptors (Lipinski definition) is 7. The van der Waals surface area contributed by atoms with Crippen molar-refractivity contribution in [3.63, 3.8) is 0 Å². The number of β-lactam (4-membered cyclic amide) rings is 1. The lowest BCUT2D eigenvalue weighted by Gasteiger charge is -2.52. The summed E-state index contributed by atoms with van der Waals surface area (Å²) >= 11 is 0. The quantitative estimate of drug-likeness (QED) is 0.270. The number of amides is 4. The molecule has 3 aliphatic heterocycles. The second-order valence-electron chi connectivity index (χ2n) is 12.5. The number of carbonyl (C=O) groups excluding carboxylic acids is 4. The van der Waals surface area contributed by atoms with E-state index in [-0.39, 0.29) is 37.5 Å². The topological polar surface area (TPSA) is 121 Å². The average molecular weight is 706 g/mol. The van der Waals surface area contributed by atoms with Crippen LogP contribution < -0.4 is 10.7 Å². The summed E-state index contributed by atoms with van der Waals surface area (Å²) in [4.78, 5) is 57.2. The molecule has 0 spiro atoms. The third-order valence-electron chi connectivity index (χ3n) is 9.13. The van der Waals surface area contributed by atoms with Gasteiger partial charge in [0.25, 0.3) is 0 Å². The van der Waals surface area contributed by atoms with E-state index in [2.05, 4.69) is 10.7 Å². The lowest BCUT2D eigenvalue weighted by atomic mass is 9.87. The highest BCUT2D eigenvalue weighted by Gasteiger charge is 2.58. The number of nitrogens with one attached hydrogen (secondary N) is 2. The molecule has 3 aromatic rings. The first-order chi connectivity index (χ1) is 24.6. The third-order valence-corrected chi connectivity index (χ3v) is 9.13. The Morgan fingerprint density at radius 3 is 2.35 bits per heavy atom. The Morgan fingerprint density at radius 2 is 1.65 bits per heavy atom. The highest BCUT2D eigenvalue weighted by atomic mass is 19.4. The molecule has 0 unspecified atom stereocenters. The van der Waals surface area contributed by atoms with Crippen LogP contribution in [-0.2, 0) is 36.6 Å². The standard InChI is InChI=1S/C37H38F3N5O6/c38-37(39,40)28-13-7-10-26(22-28)23-41-34(47)30(16-17-32(46)42-43-18-20-50-21-19-43)44-29(15-14-25-8-3-1-4-9-25)33(35(44)48)45-31(24-51-36(45)49)27-11-5-2-6-12-27/h1-15,22,29-31,33H,16-21,23-24H2,(H,41,47)(H,42,46)/b15-14+/t29-,30+,31-,33+/m1/s1. The first-order valence-corrected chi connectivity index (χ1v) is 16.7. The number of cyclic esters (lactones) is 1. The molecule has 3 fully saturated rings. The van der Waals surface area contributed by atoms with Crippen LogP contribution in [0.15, 0.2) is 91.0 Å². The van der Waals surface area contributed by atoms with E-state index in [1.54, 1.807) is 17.2 Å². The zero-order chi connectivity index (χ0) is 36.0. The van der Waals surface area contributed by atoms with Gasteiger partial charge in [-0.25, -0.2) is 9.80 Å². The van der Waals surface area contributed by atoms with Crippen molar-refractivity contribution in [3.05, 3.63) is 113 Å². The number of morpholine rings is 1. The Bertz CT molecular complexity index is 1740. The summed E-state index contributed by atoms with van der Waals surface area (Å²) in [6, 6.07) is 19.5. The van der Waals surface area contributed by atoms with Gasteiger partial charge in [-0.1, -0.05) is 84.9 Å². The summed E-state index contributed by atoms with van der Waals surface area (Å²) in [5, 5.41) is 4.40. The number of ether oxygens (including phenoxy) is 2. The van der Waals surface area contributed by atoms with Crippen molar-refractivity contribution in [2.45, 2.75) is 49.7 Å². The second-order valence-corrected chi connectivity index (χ2v) is 12.5. The molecule has 6 rings (SSSR count). The zero-order valence-electron chi connectivity index (χ0n) is 27.6. The van der Waals surface area contributed by atoms with Crippen molar-refractivity contribution in [1.29, 1.82) is 0 Å². The molecular formula is C37H38F3N5O6. The van der Waals surface area contributed by atoms with Crippen LogP contribution in [0.5, 0.6) is 0 Å². The molecule has 0 saturated carbocycles. The monoisotopic (exact) mass is 705 g/mol. The van der Waals surface area contributed by atoms with Crippen LogP contribution in [-0.4, -0.2) is 89.7 Å². The summed E-state index contributed by atoms with van der Waals surface area (Å²) in [5.74, 6) is -1.55. The molecule has 0 aromatic heterocycles. The van der Waals surface area contributed by atoms with Gasteiger partial charge in [-0.3, -0.25) is 24.7 Å². The van der Waals surface area contributed by atoms with Crippen LogP contribution in [0, 0.1) is 0 Å². The molecule has 14 heteroatoms. The highest BCUT2D eigenvalue weighted by Crippen LogP contribution is 2.39. The van der Waals surface area contributed by atoms with Crippen LogP contribution in [0.4, 0.5) is 18.0 Å². The predicted molar refractivity (Wildman–Crippen MR) is 179 cm³/mol. The molecule has 3 aromatic carbocycles. The largest absolute Gasteiger partial charge is 0.447 e. The summed E-state index contributed by atoms with van der Waals surface area (Å²) in [7, 11) is 0. The SMILES string of the molecule is O=C(CC[C@@H](C(=O)NCc1cccc(C(F)(F)F)c1)N1C(=O)[C@@H](N2C(=O)OC[C@@H]2c2ccccc2)[C@H]1/C=C/c1ccccc1)NN1CCOCC1. The molecule has 0 radical (unpaired) electrons. The van der Waals surface area contributed by atoms with Crippen LogP contribution in [0.2, 0.25) is 0 Å². The number of carbonyl (C=O) groups is 4. The number of rotatable bonds is 12. The smallest absolute Gasteiger partial charge is 0.416 e. The van der Waals surface area contributed by atoms with E-state index >= 15 is 0 Å². The predicted octanol–water partition coefficient (Wildman–Crippen LogP) is 4.32. The van der Waals surface area contributed by atoms with E-state index in [1.165, 1.54) is 21.9 Å². The van der Waals surface area contributed by atoms with Crippen molar-refractivity contribution in [2.75, 3.05) is 32.9 Å². The molecule has 0 aliphatic carbocycles. The maximum absolute atomic E-state index is 14.2. The molecule has 4 amide bonds. The Kier molecular flexibility index (Phi) is 11.0. The van der Waals surface area contributed by atoms with E-state index < -0.39 is 53.8 Å². The summed E-state index contributed by atoms with van der Waals surface area (Å²) in [6.07, 6.45) is -1.93. The number of likely N-dealkylation sites (tertiary alicyclic amines) is 1. The molecular weight excluding hydrogens is 667 g/mol. The Hall–Kier alpha value is -5.21. The van der Waals surface area contributed by atoms with Crippen molar-refractivity contribution in [1.82, 2.24) is 25.6 Å². The van der Waals surface area contributed by atoms with Gasteiger partial charge in [-0.15, -0.1) is 0 Å². The lowest BCUT2D eigenvalue weighted by molar-refractivity contribution is -0.163. The van der Waals surface area contributed by atoms with Crippen molar-refractivity contribution >= 4 is 29.9 Å². The molecule has 268 valence electrons. The highest BCUT2D eigenvalue weighted by molar-refractivity contribution is 5.98. The first-order valence-electron chi connectivity index (χ1n) is 16.7. The summed E-state index contributed by atoms with van der Waals surface area (Å²) in [5.41, 5.74) is 3.75. The van der Waals surface area contributed by atoms with Gasteiger partial charge >= 0.3 is 12.3 Å². The Balaban J connectivity index is 1.28. The van der Waals surface area contributed by atoms with E-state index in [9.17, 15) is 32.3 Å². The first kappa shape index (κ1) is 35.6. The van der Waals surface area contributed by atoms with Crippen LogP contribution in [0.3, 0.4) is 0 Å². The molecule has 11 nitrogen and oxygen atoms in total. The normalized spacial score (nSPS) is 21.7. The molecule has 3 saturated heterocycles. The van der Waals surface area contributed by atoms with Gasteiger partial charge in [0.2, 0.25) is 17.7 Å². The lowest BCUT2D eigenvalue weighted by Crippen LogP contribution is -2.74. The van der Waals surface area contributed by atoms with Gasteiger partial charge in [0.1, 0.15) is 18.7 Å². The second kappa shape index (κ2) is 15.8. The van der Waals surface area contributed by atoms with Gasteiger partial charge in [0.15, 0.2) is 0 Å². The average Bonchev–Trinajstić information content (AvgIpc) is 3.51. The van der Waals surface area contributed by atoms with E-state index in [0.717, 1.165) is 23.3 Å². The van der Waals surface area contributed by atoms with Crippen molar-refractivity contribution in [2.24, 2.45) is 0 Å². The molecule has 4 atom stereocenters. The fourth-order valence-corrected chi connectivity index (χ4v) is 6.54. The van der Waals surface area contributed by atoms with E-state index in [1.807, 2.05) is 60.7 Å². The van der Waals surface area contributed by atoms with Crippen molar-refractivity contribution in [3.8, 4) is 0 Å². The molecule has 2 N–H and O–H groups in total. The zero-order valence-corrected chi connectivity index (χ0v) is 27.6. The number of nitrogens with zero attached hydrogens (tertiary/aromatic N) is 3. The van der Waals surface area contributed by atoms with Gasteiger partial charge in [-0.2, -0.15) is 13.2 Å². The van der Waals surface area contributed by atoms with Gasteiger partial charge in [0, 0.05) is 26.1 Å². The van der Waals surface area contributed by atoms with Gasteiger partial charge in [-0.05, 0) is 35.2 Å². The molecule has 0 bridgehead atoms.